The van der Waals surface area contributed by atoms with Crippen molar-refractivity contribution >= 4 is 6.09 Å². The number of likely N-dealkylation sites (tertiary alicyclic amines) is 1. The molecule has 0 saturated carbocycles. The lowest BCUT2D eigenvalue weighted by Crippen LogP contribution is -3.00. The first-order chi connectivity index (χ1) is 6.96. The normalized spacial score (nSPS) is 28.6. The van der Waals surface area contributed by atoms with E-state index in [0.717, 1.165) is 13.1 Å². The molecule has 0 aromatic heterocycles. The van der Waals surface area contributed by atoms with Gasteiger partial charge in [-0.15, -0.1) is 0 Å². The Morgan fingerprint density at radius 3 is 2.19 bits per heavy atom. The summed E-state index contributed by atoms with van der Waals surface area (Å²) in [5.74, 6) is 1.38. The monoisotopic (exact) mass is 248 g/mol. The van der Waals surface area contributed by atoms with E-state index < -0.39 is 0 Å². The van der Waals surface area contributed by atoms with Gasteiger partial charge in [-0.2, -0.15) is 0 Å². The predicted molar refractivity (Wildman–Crippen MR) is 56.4 cm³/mol. The quantitative estimate of drug-likeness (QED) is 0.498. The summed E-state index contributed by atoms with van der Waals surface area (Å²) in [7, 11) is 0. The molecule has 0 aliphatic carbocycles. The fourth-order valence-electron chi connectivity index (χ4n) is 2.47. The highest BCUT2D eigenvalue weighted by Crippen LogP contribution is 2.25. The number of hydrogen-bond donors (Lipinski definition) is 1. The second-order valence-corrected chi connectivity index (χ2v) is 5.67. The summed E-state index contributed by atoms with van der Waals surface area (Å²) >= 11 is 0. The van der Waals surface area contributed by atoms with Crippen LogP contribution in [0, 0.1) is 11.8 Å². The number of rotatable bonds is 0. The summed E-state index contributed by atoms with van der Waals surface area (Å²) in [4.78, 5) is 13.7. The van der Waals surface area contributed by atoms with E-state index in [4.69, 9.17) is 4.74 Å². The zero-order valence-corrected chi connectivity index (χ0v) is 11.0. The smallest absolute Gasteiger partial charge is 0.410 e. The van der Waals surface area contributed by atoms with Gasteiger partial charge in [-0.1, -0.05) is 0 Å². The molecule has 0 radical (unpaired) electrons. The van der Waals surface area contributed by atoms with E-state index in [1.54, 1.807) is 0 Å². The number of halogens is 1. The molecular formula is C11H21ClN2O2. The SMILES string of the molecule is CC(C)(C)OC(=O)N1CC2C[NH2+]CC2C1.[Cl-]. The number of carbonyl (C=O) groups is 1. The average Bonchev–Trinajstić information content (AvgIpc) is 2.56. The first-order valence-electron chi connectivity index (χ1n) is 5.75. The van der Waals surface area contributed by atoms with E-state index in [-0.39, 0.29) is 24.1 Å². The second-order valence-electron chi connectivity index (χ2n) is 5.67. The minimum absolute atomic E-state index is 0. The van der Waals surface area contributed by atoms with Crippen LogP contribution in [0.25, 0.3) is 0 Å². The van der Waals surface area contributed by atoms with Crippen LogP contribution in [0.5, 0.6) is 0 Å². The fraction of sp³-hybridized carbons (Fsp3) is 0.909. The largest absolute Gasteiger partial charge is 1.00 e. The van der Waals surface area contributed by atoms with Crippen LogP contribution in [-0.4, -0.2) is 42.8 Å². The Morgan fingerprint density at radius 1 is 1.25 bits per heavy atom. The van der Waals surface area contributed by atoms with E-state index in [1.807, 2.05) is 25.7 Å². The third kappa shape index (κ3) is 3.01. The lowest BCUT2D eigenvalue weighted by molar-refractivity contribution is -0.640. The molecule has 0 aromatic rings. The Hall–Kier alpha value is -0.480. The molecule has 4 nitrogen and oxygen atoms in total. The number of nitrogens with zero attached hydrogens (tertiary/aromatic N) is 1. The van der Waals surface area contributed by atoms with E-state index in [9.17, 15) is 4.79 Å². The van der Waals surface area contributed by atoms with Crippen LogP contribution in [0.4, 0.5) is 4.79 Å². The van der Waals surface area contributed by atoms with Crippen LogP contribution in [0.3, 0.4) is 0 Å². The molecule has 5 heteroatoms. The molecule has 2 aliphatic rings. The molecule has 2 saturated heterocycles. The Morgan fingerprint density at radius 2 is 1.75 bits per heavy atom. The molecule has 2 N–H and O–H groups in total. The minimum atomic E-state index is -0.374. The number of ether oxygens (including phenoxy) is 1. The summed E-state index contributed by atoms with van der Waals surface area (Å²) in [6, 6.07) is 0. The van der Waals surface area contributed by atoms with Crippen molar-refractivity contribution in [3.8, 4) is 0 Å². The first kappa shape index (κ1) is 13.6. The molecule has 1 amide bonds. The van der Waals surface area contributed by atoms with Gasteiger partial charge in [0, 0.05) is 24.9 Å². The number of quaternary nitrogens is 1. The number of hydrogen-bond acceptors (Lipinski definition) is 2. The van der Waals surface area contributed by atoms with Crippen molar-refractivity contribution in [3.63, 3.8) is 0 Å². The van der Waals surface area contributed by atoms with Gasteiger partial charge in [-0.3, -0.25) is 0 Å². The first-order valence-corrected chi connectivity index (χ1v) is 5.75. The van der Waals surface area contributed by atoms with Crippen LogP contribution >= 0.6 is 0 Å². The molecule has 94 valence electrons. The maximum absolute atomic E-state index is 11.8. The lowest BCUT2D eigenvalue weighted by atomic mass is 10.0. The third-order valence-electron chi connectivity index (χ3n) is 3.17. The Balaban J connectivity index is 0.00000128. The van der Waals surface area contributed by atoms with Gasteiger partial charge in [0.05, 0.1) is 13.1 Å². The highest BCUT2D eigenvalue weighted by molar-refractivity contribution is 5.68. The minimum Gasteiger partial charge on any atom is -1.00 e. The predicted octanol–water partition coefficient (Wildman–Crippen LogP) is -2.95. The summed E-state index contributed by atoms with van der Waals surface area (Å²) in [5, 5.41) is 2.35. The van der Waals surface area contributed by atoms with Crippen LogP contribution in [-0.2, 0) is 4.74 Å². The van der Waals surface area contributed by atoms with Crippen LogP contribution in [0.15, 0.2) is 0 Å². The van der Waals surface area contributed by atoms with Crippen molar-refractivity contribution in [1.82, 2.24) is 4.90 Å². The molecular weight excluding hydrogens is 228 g/mol. The van der Waals surface area contributed by atoms with Crippen molar-refractivity contribution < 1.29 is 27.3 Å². The summed E-state index contributed by atoms with van der Waals surface area (Å²) in [5.41, 5.74) is -0.374. The van der Waals surface area contributed by atoms with Gasteiger partial charge >= 0.3 is 6.09 Å². The number of amides is 1. The van der Waals surface area contributed by atoms with Crippen molar-refractivity contribution in [2.75, 3.05) is 26.2 Å². The van der Waals surface area contributed by atoms with E-state index in [2.05, 4.69) is 5.32 Å². The molecule has 2 fully saturated rings. The standard InChI is InChI=1S/C11H20N2O2.ClH/c1-11(2,3)15-10(14)13-6-8-4-12-5-9(8)7-13;/h8-9,12H,4-7H2,1-3H3;1H. The van der Waals surface area contributed by atoms with Gasteiger partial charge in [0.2, 0.25) is 0 Å². The molecule has 2 aliphatic heterocycles. The fourth-order valence-corrected chi connectivity index (χ4v) is 2.47. The number of nitrogens with two attached hydrogens (primary N) is 1. The summed E-state index contributed by atoms with van der Waals surface area (Å²) in [6.45, 7) is 9.85. The molecule has 2 heterocycles. The van der Waals surface area contributed by atoms with Crippen LogP contribution in [0.1, 0.15) is 20.8 Å². The molecule has 2 rings (SSSR count). The Kier molecular flexibility index (Phi) is 4.07. The molecule has 0 bridgehead atoms. The highest BCUT2D eigenvalue weighted by Gasteiger charge is 2.41. The lowest BCUT2D eigenvalue weighted by Gasteiger charge is -2.24. The molecule has 2 atom stereocenters. The third-order valence-corrected chi connectivity index (χ3v) is 3.17. The van der Waals surface area contributed by atoms with Gasteiger partial charge < -0.3 is 27.4 Å². The van der Waals surface area contributed by atoms with Gasteiger partial charge in [-0.05, 0) is 20.8 Å². The van der Waals surface area contributed by atoms with Gasteiger partial charge in [0.1, 0.15) is 5.60 Å². The van der Waals surface area contributed by atoms with Crippen LogP contribution < -0.4 is 17.7 Å². The number of carbonyl (C=O) groups excluding carboxylic acids is 1. The zero-order chi connectivity index (χ0) is 11.1. The van der Waals surface area contributed by atoms with Crippen LogP contribution in [0.2, 0.25) is 0 Å². The van der Waals surface area contributed by atoms with Crippen molar-refractivity contribution in [3.05, 3.63) is 0 Å². The maximum atomic E-state index is 11.8. The highest BCUT2D eigenvalue weighted by atomic mass is 35.5. The molecule has 2 unspecified atom stereocenters. The zero-order valence-electron chi connectivity index (χ0n) is 10.2. The Labute approximate surface area is 103 Å². The van der Waals surface area contributed by atoms with Gasteiger partial charge in [-0.25, -0.2) is 4.79 Å². The van der Waals surface area contributed by atoms with E-state index in [1.165, 1.54) is 13.1 Å². The number of fused-ring (bicyclic) bond motifs is 1. The molecule has 0 spiro atoms. The van der Waals surface area contributed by atoms with E-state index >= 15 is 0 Å². The molecule has 16 heavy (non-hydrogen) atoms. The van der Waals surface area contributed by atoms with Crippen molar-refractivity contribution in [2.45, 2.75) is 26.4 Å². The summed E-state index contributed by atoms with van der Waals surface area (Å²) in [6.07, 6.45) is -0.142. The maximum Gasteiger partial charge on any atom is 0.410 e. The second kappa shape index (κ2) is 4.80. The Bertz CT molecular complexity index is 253. The van der Waals surface area contributed by atoms with Crippen molar-refractivity contribution in [2.24, 2.45) is 11.8 Å². The average molecular weight is 249 g/mol. The van der Waals surface area contributed by atoms with Gasteiger partial charge in [0.25, 0.3) is 0 Å². The summed E-state index contributed by atoms with van der Waals surface area (Å²) < 4.78 is 5.36. The topological polar surface area (TPSA) is 46.1 Å². The van der Waals surface area contributed by atoms with E-state index in [0.29, 0.717) is 11.8 Å². The van der Waals surface area contributed by atoms with Gasteiger partial charge in [0.15, 0.2) is 0 Å². The molecule has 0 aromatic carbocycles. The van der Waals surface area contributed by atoms with Crippen molar-refractivity contribution in [1.29, 1.82) is 0 Å².